The first kappa shape index (κ1) is 27.6. The maximum absolute atomic E-state index is 13.1. The lowest BCUT2D eigenvalue weighted by Gasteiger charge is -2.25. The van der Waals surface area contributed by atoms with Crippen molar-refractivity contribution in [2.75, 3.05) is 19.1 Å². The molecule has 0 radical (unpaired) electrons. The van der Waals surface area contributed by atoms with Crippen LogP contribution in [0.25, 0.3) is 11.1 Å². The number of esters is 1. The zero-order valence-electron chi connectivity index (χ0n) is 21.2. The molecule has 0 unspecified atom stereocenters. The Balaban J connectivity index is 2.02. The number of amides is 1. The topological polar surface area (TPSA) is 65.1 Å². The highest BCUT2D eigenvalue weighted by Gasteiger charge is 2.31. The van der Waals surface area contributed by atoms with Crippen LogP contribution in [0.3, 0.4) is 0 Å². The Bertz CT molecular complexity index is 1250. The van der Waals surface area contributed by atoms with Crippen molar-refractivity contribution in [3.05, 3.63) is 77.9 Å². The third-order valence-corrected chi connectivity index (χ3v) is 5.66. The van der Waals surface area contributed by atoms with Gasteiger partial charge in [0.05, 0.1) is 26.5 Å². The second-order valence-electron chi connectivity index (χ2n) is 9.29. The van der Waals surface area contributed by atoms with Gasteiger partial charge in [0.2, 0.25) is 0 Å². The summed E-state index contributed by atoms with van der Waals surface area (Å²) in [6.07, 6.45) is -4.80. The molecule has 0 saturated heterocycles. The molecule has 1 amide bonds. The summed E-state index contributed by atoms with van der Waals surface area (Å²) in [6, 6.07) is 18.0. The molecule has 3 rings (SSSR count). The fraction of sp³-hybridized carbons (Fsp3) is 0.286. The van der Waals surface area contributed by atoms with Crippen molar-refractivity contribution in [3.8, 4) is 22.6 Å². The van der Waals surface area contributed by atoms with Crippen LogP contribution in [0.4, 0.5) is 18.9 Å². The molecule has 0 bridgehead atoms. The van der Waals surface area contributed by atoms with E-state index in [1.54, 1.807) is 18.2 Å². The predicted octanol–water partition coefficient (Wildman–Crippen LogP) is 6.26. The molecule has 0 aliphatic heterocycles. The fourth-order valence-corrected chi connectivity index (χ4v) is 3.69. The molecule has 0 aromatic heterocycles. The molecule has 9 heteroatoms. The van der Waals surface area contributed by atoms with Crippen molar-refractivity contribution in [1.82, 2.24) is 0 Å². The van der Waals surface area contributed by atoms with Crippen molar-refractivity contribution < 1.29 is 37.0 Å². The standard InChI is InChI=1S/C28H28F3NO5/c1-27(2,3)21-11-6-18(7-12-21)17-32(25(33)26(34)36-5)23-16-20(10-15-24(23)35-4)19-8-13-22(14-9-19)37-28(29,30)31/h6-16H,17H2,1-5H3. The molecule has 0 heterocycles. The number of ether oxygens (including phenoxy) is 3. The summed E-state index contributed by atoms with van der Waals surface area (Å²) in [4.78, 5) is 26.6. The largest absolute Gasteiger partial charge is 0.573 e. The van der Waals surface area contributed by atoms with Gasteiger partial charge in [-0.2, -0.15) is 0 Å². The van der Waals surface area contributed by atoms with E-state index in [1.165, 1.54) is 36.3 Å². The highest BCUT2D eigenvalue weighted by atomic mass is 19.4. The van der Waals surface area contributed by atoms with Gasteiger partial charge < -0.3 is 14.2 Å². The van der Waals surface area contributed by atoms with Crippen molar-refractivity contribution >= 4 is 17.6 Å². The summed E-state index contributed by atoms with van der Waals surface area (Å²) in [7, 11) is 2.55. The summed E-state index contributed by atoms with van der Waals surface area (Å²) in [5.74, 6) is -1.98. The molecular formula is C28H28F3NO5. The third-order valence-electron chi connectivity index (χ3n) is 5.66. The Hall–Kier alpha value is -4.01. The molecule has 0 N–H and O–H groups in total. The number of benzene rings is 3. The zero-order valence-corrected chi connectivity index (χ0v) is 21.2. The van der Waals surface area contributed by atoms with E-state index in [9.17, 15) is 22.8 Å². The quantitative estimate of drug-likeness (QED) is 0.286. The minimum atomic E-state index is -4.80. The average molecular weight is 516 g/mol. The number of hydrogen-bond acceptors (Lipinski definition) is 5. The van der Waals surface area contributed by atoms with E-state index >= 15 is 0 Å². The van der Waals surface area contributed by atoms with Crippen LogP contribution in [0, 0.1) is 0 Å². The lowest BCUT2D eigenvalue weighted by atomic mass is 9.87. The number of carbonyl (C=O) groups is 2. The van der Waals surface area contributed by atoms with Crippen LogP contribution in [0.1, 0.15) is 31.9 Å². The smallest absolute Gasteiger partial charge is 0.495 e. The normalized spacial score (nSPS) is 11.6. The molecule has 0 aliphatic carbocycles. The summed E-state index contributed by atoms with van der Waals surface area (Å²) >= 11 is 0. The highest BCUT2D eigenvalue weighted by Crippen LogP contribution is 2.36. The Morgan fingerprint density at radius 2 is 1.43 bits per heavy atom. The van der Waals surface area contributed by atoms with Gasteiger partial charge >= 0.3 is 18.2 Å². The Morgan fingerprint density at radius 1 is 0.838 bits per heavy atom. The number of anilines is 1. The molecule has 0 aliphatic rings. The van der Waals surface area contributed by atoms with Crippen LogP contribution in [0.5, 0.6) is 11.5 Å². The molecule has 0 fully saturated rings. The lowest BCUT2D eigenvalue weighted by molar-refractivity contribution is -0.274. The molecule has 0 atom stereocenters. The molecule has 196 valence electrons. The minimum absolute atomic E-state index is 0.0521. The molecule has 37 heavy (non-hydrogen) atoms. The van der Waals surface area contributed by atoms with Crippen molar-refractivity contribution in [3.63, 3.8) is 0 Å². The predicted molar refractivity (Wildman–Crippen MR) is 133 cm³/mol. The maximum atomic E-state index is 13.1. The van der Waals surface area contributed by atoms with Gasteiger partial charge in [0.1, 0.15) is 11.5 Å². The number of carbonyl (C=O) groups excluding carboxylic acids is 2. The first-order chi connectivity index (χ1) is 17.3. The van der Waals surface area contributed by atoms with E-state index in [-0.39, 0.29) is 17.7 Å². The van der Waals surface area contributed by atoms with Gasteiger partial charge in [0, 0.05) is 0 Å². The van der Waals surface area contributed by atoms with Gasteiger partial charge in [0.25, 0.3) is 0 Å². The number of halogens is 3. The molecule has 6 nitrogen and oxygen atoms in total. The number of hydrogen-bond donors (Lipinski definition) is 0. The number of alkyl halides is 3. The van der Waals surface area contributed by atoms with Crippen LogP contribution in [-0.4, -0.2) is 32.5 Å². The van der Waals surface area contributed by atoms with E-state index in [2.05, 4.69) is 30.2 Å². The second kappa shape index (κ2) is 10.9. The van der Waals surface area contributed by atoms with Crippen molar-refractivity contribution in [1.29, 1.82) is 0 Å². The van der Waals surface area contributed by atoms with Crippen molar-refractivity contribution in [2.24, 2.45) is 0 Å². The van der Waals surface area contributed by atoms with Crippen LogP contribution in [0.15, 0.2) is 66.7 Å². The summed E-state index contributed by atoms with van der Waals surface area (Å²) in [5, 5.41) is 0. The molecule has 3 aromatic rings. The SMILES string of the molecule is COC(=O)C(=O)N(Cc1ccc(C(C)(C)C)cc1)c1cc(-c2ccc(OC(F)(F)F)cc2)ccc1OC. The highest BCUT2D eigenvalue weighted by molar-refractivity contribution is 6.38. The van der Waals surface area contributed by atoms with Gasteiger partial charge in [-0.25, -0.2) is 4.79 Å². The van der Waals surface area contributed by atoms with Crippen LogP contribution < -0.4 is 14.4 Å². The first-order valence-electron chi connectivity index (χ1n) is 11.4. The van der Waals surface area contributed by atoms with Gasteiger partial charge in [0.15, 0.2) is 0 Å². The molecule has 0 spiro atoms. The first-order valence-corrected chi connectivity index (χ1v) is 11.4. The Morgan fingerprint density at radius 3 is 1.95 bits per heavy atom. The monoisotopic (exact) mass is 515 g/mol. The minimum Gasteiger partial charge on any atom is -0.495 e. The number of nitrogens with zero attached hydrogens (tertiary/aromatic N) is 1. The second-order valence-corrected chi connectivity index (χ2v) is 9.29. The summed E-state index contributed by atoms with van der Waals surface area (Å²) in [5.41, 5.74) is 3.27. The van der Waals surface area contributed by atoms with Gasteiger partial charge in [-0.15, -0.1) is 13.2 Å². The number of methoxy groups -OCH3 is 2. The molecule has 0 saturated carbocycles. The van der Waals surface area contributed by atoms with Crippen LogP contribution in [0.2, 0.25) is 0 Å². The van der Waals surface area contributed by atoms with E-state index in [1.807, 2.05) is 24.3 Å². The van der Waals surface area contributed by atoms with E-state index in [0.717, 1.165) is 18.2 Å². The van der Waals surface area contributed by atoms with Gasteiger partial charge in [-0.3, -0.25) is 9.69 Å². The van der Waals surface area contributed by atoms with Gasteiger partial charge in [-0.05, 0) is 51.9 Å². The Kier molecular flexibility index (Phi) is 8.15. The zero-order chi connectivity index (χ0) is 27.4. The average Bonchev–Trinajstić information content (AvgIpc) is 2.85. The summed E-state index contributed by atoms with van der Waals surface area (Å²) < 4.78 is 51.6. The molecule has 3 aromatic carbocycles. The van der Waals surface area contributed by atoms with Crippen LogP contribution >= 0.6 is 0 Å². The lowest BCUT2D eigenvalue weighted by Crippen LogP contribution is -2.37. The van der Waals surface area contributed by atoms with Crippen LogP contribution in [-0.2, 0) is 26.3 Å². The van der Waals surface area contributed by atoms with E-state index in [4.69, 9.17) is 4.74 Å². The maximum Gasteiger partial charge on any atom is 0.573 e. The number of rotatable bonds is 6. The van der Waals surface area contributed by atoms with Crippen molar-refractivity contribution in [2.45, 2.75) is 39.1 Å². The fourth-order valence-electron chi connectivity index (χ4n) is 3.69. The summed E-state index contributed by atoms with van der Waals surface area (Å²) in [6.45, 7) is 6.32. The van der Waals surface area contributed by atoms with E-state index < -0.39 is 18.2 Å². The third kappa shape index (κ3) is 7.03. The molecular weight excluding hydrogens is 487 g/mol. The van der Waals surface area contributed by atoms with Gasteiger partial charge in [-0.1, -0.05) is 63.2 Å². The van der Waals surface area contributed by atoms with E-state index in [0.29, 0.717) is 22.6 Å². The Labute approximate surface area is 213 Å².